The molecule has 1 heterocycles. The summed E-state index contributed by atoms with van der Waals surface area (Å²) in [6.07, 6.45) is 4.05. The molecule has 0 aliphatic heterocycles. The van der Waals surface area contributed by atoms with Crippen LogP contribution in [0.4, 0.5) is 11.5 Å². The van der Waals surface area contributed by atoms with Crippen LogP contribution in [0.3, 0.4) is 0 Å². The van der Waals surface area contributed by atoms with Crippen molar-refractivity contribution in [3.05, 3.63) is 18.3 Å². The minimum Gasteiger partial charge on any atom is -0.384 e. The number of pyridine rings is 1. The lowest BCUT2D eigenvalue weighted by Crippen LogP contribution is -2.13. The zero-order valence-electron chi connectivity index (χ0n) is 10.8. The zero-order chi connectivity index (χ0) is 12.9. The minimum absolute atomic E-state index is 0.0285. The summed E-state index contributed by atoms with van der Waals surface area (Å²) in [5.74, 6) is 0.483. The number of nitrogens with two attached hydrogens (primary N) is 1. The minimum atomic E-state index is 0.0285. The van der Waals surface area contributed by atoms with Crippen molar-refractivity contribution in [3.8, 4) is 0 Å². The smallest absolute Gasteiger partial charge is 0.224 e. The highest BCUT2D eigenvalue weighted by molar-refractivity contribution is 5.90. The van der Waals surface area contributed by atoms with Crippen molar-refractivity contribution in [1.29, 1.82) is 0 Å². The first-order chi connectivity index (χ1) is 7.87. The molecule has 1 aromatic rings. The Bertz CT molecular complexity index is 365. The molecule has 4 nitrogen and oxygen atoms in total. The van der Waals surface area contributed by atoms with Crippen LogP contribution >= 0.6 is 0 Å². The number of rotatable bonds is 4. The average Bonchev–Trinajstić information content (AvgIpc) is 2.19. The number of hydrogen-bond acceptors (Lipinski definition) is 3. The summed E-state index contributed by atoms with van der Waals surface area (Å²) in [6.45, 7) is 6.53. The van der Waals surface area contributed by atoms with Crippen LogP contribution in [0.15, 0.2) is 18.3 Å². The molecule has 0 aliphatic rings. The maximum Gasteiger partial charge on any atom is 0.224 e. The molecule has 1 rings (SSSR count). The van der Waals surface area contributed by atoms with Crippen molar-refractivity contribution in [1.82, 2.24) is 4.98 Å². The van der Waals surface area contributed by atoms with Gasteiger partial charge in [0, 0.05) is 6.42 Å². The Hall–Kier alpha value is -1.58. The van der Waals surface area contributed by atoms with E-state index in [4.69, 9.17) is 5.73 Å². The fourth-order valence-corrected chi connectivity index (χ4v) is 1.48. The molecule has 0 aliphatic carbocycles. The lowest BCUT2D eigenvalue weighted by atomic mass is 9.90. The van der Waals surface area contributed by atoms with Crippen molar-refractivity contribution in [2.45, 2.75) is 40.0 Å². The van der Waals surface area contributed by atoms with Crippen molar-refractivity contribution in [3.63, 3.8) is 0 Å². The molecule has 4 heteroatoms. The number of anilines is 2. The van der Waals surface area contributed by atoms with Crippen LogP contribution in [0, 0.1) is 5.41 Å². The number of hydrogen-bond donors (Lipinski definition) is 2. The predicted octanol–water partition coefficient (Wildman–Crippen LogP) is 2.82. The Morgan fingerprint density at radius 3 is 2.65 bits per heavy atom. The molecule has 0 radical (unpaired) electrons. The fraction of sp³-hybridized carbons (Fsp3) is 0.538. The molecule has 0 unspecified atom stereocenters. The third-order valence-corrected chi connectivity index (χ3v) is 2.40. The third-order valence-electron chi connectivity index (χ3n) is 2.40. The lowest BCUT2D eigenvalue weighted by molar-refractivity contribution is -0.116. The van der Waals surface area contributed by atoms with Gasteiger partial charge in [0.05, 0.1) is 11.9 Å². The van der Waals surface area contributed by atoms with Gasteiger partial charge >= 0.3 is 0 Å². The van der Waals surface area contributed by atoms with Gasteiger partial charge in [0.2, 0.25) is 5.91 Å². The lowest BCUT2D eigenvalue weighted by Gasteiger charge is -2.17. The summed E-state index contributed by atoms with van der Waals surface area (Å²) in [5, 5.41) is 2.80. The van der Waals surface area contributed by atoms with Gasteiger partial charge in [0.15, 0.2) is 0 Å². The molecule has 0 bridgehead atoms. The normalized spacial score (nSPS) is 11.2. The van der Waals surface area contributed by atoms with Gasteiger partial charge in [-0.3, -0.25) is 4.79 Å². The maximum atomic E-state index is 11.6. The Morgan fingerprint density at radius 2 is 2.12 bits per heavy atom. The van der Waals surface area contributed by atoms with E-state index in [9.17, 15) is 4.79 Å². The molecule has 0 fully saturated rings. The van der Waals surface area contributed by atoms with Crippen molar-refractivity contribution in [2.24, 2.45) is 5.41 Å². The molecule has 0 aromatic carbocycles. The Morgan fingerprint density at radius 1 is 1.41 bits per heavy atom. The summed E-state index contributed by atoms with van der Waals surface area (Å²) in [5.41, 5.74) is 6.44. The van der Waals surface area contributed by atoms with Gasteiger partial charge in [-0.25, -0.2) is 4.98 Å². The van der Waals surface area contributed by atoms with Gasteiger partial charge in [-0.2, -0.15) is 0 Å². The highest BCUT2D eigenvalue weighted by Crippen LogP contribution is 2.21. The number of nitrogens with one attached hydrogen (secondary N) is 1. The van der Waals surface area contributed by atoms with Crippen LogP contribution in [-0.2, 0) is 4.79 Å². The number of amides is 1. The molecular formula is C13H21N3O. The van der Waals surface area contributed by atoms with Gasteiger partial charge in [0.25, 0.3) is 0 Å². The van der Waals surface area contributed by atoms with Crippen molar-refractivity contribution in [2.75, 3.05) is 11.1 Å². The highest BCUT2D eigenvalue weighted by atomic mass is 16.1. The number of aromatic nitrogens is 1. The van der Waals surface area contributed by atoms with E-state index in [1.54, 1.807) is 18.3 Å². The molecule has 94 valence electrons. The molecule has 0 saturated heterocycles. The van der Waals surface area contributed by atoms with E-state index in [-0.39, 0.29) is 11.3 Å². The van der Waals surface area contributed by atoms with Gasteiger partial charge in [-0.05, 0) is 30.4 Å². The number of carbonyl (C=O) groups excluding carboxylic acids is 1. The van der Waals surface area contributed by atoms with E-state index < -0.39 is 0 Å². The highest BCUT2D eigenvalue weighted by Gasteiger charge is 2.11. The topological polar surface area (TPSA) is 68.0 Å². The van der Waals surface area contributed by atoms with Gasteiger partial charge in [-0.15, -0.1) is 0 Å². The van der Waals surface area contributed by atoms with Gasteiger partial charge in [0.1, 0.15) is 5.82 Å². The summed E-state index contributed by atoms with van der Waals surface area (Å²) in [6, 6.07) is 3.43. The van der Waals surface area contributed by atoms with E-state index in [0.29, 0.717) is 17.9 Å². The molecule has 1 aromatic heterocycles. The monoisotopic (exact) mass is 235 g/mol. The van der Waals surface area contributed by atoms with E-state index >= 15 is 0 Å². The van der Waals surface area contributed by atoms with Crippen molar-refractivity contribution >= 4 is 17.4 Å². The standard InChI is InChI=1S/C13H21N3O/c1-13(2,3)8-4-5-12(17)16-10-6-7-11(14)15-9-10/h6-7,9H,4-5,8H2,1-3H3,(H2,14,15)(H,16,17). The van der Waals surface area contributed by atoms with Crippen LogP contribution in [0.2, 0.25) is 0 Å². The van der Waals surface area contributed by atoms with Crippen LogP contribution in [0.25, 0.3) is 0 Å². The zero-order valence-corrected chi connectivity index (χ0v) is 10.8. The molecular weight excluding hydrogens is 214 g/mol. The summed E-state index contributed by atoms with van der Waals surface area (Å²) in [4.78, 5) is 15.5. The van der Waals surface area contributed by atoms with Crippen LogP contribution in [0.1, 0.15) is 40.0 Å². The number of carbonyl (C=O) groups is 1. The van der Waals surface area contributed by atoms with Crippen LogP contribution < -0.4 is 11.1 Å². The first-order valence-corrected chi connectivity index (χ1v) is 5.88. The largest absolute Gasteiger partial charge is 0.384 e. The number of nitrogens with zero attached hydrogens (tertiary/aromatic N) is 1. The second-order valence-electron chi connectivity index (χ2n) is 5.43. The van der Waals surface area contributed by atoms with Crippen LogP contribution in [0.5, 0.6) is 0 Å². The first-order valence-electron chi connectivity index (χ1n) is 5.88. The predicted molar refractivity (Wildman–Crippen MR) is 70.6 cm³/mol. The molecule has 17 heavy (non-hydrogen) atoms. The molecule has 1 amide bonds. The summed E-state index contributed by atoms with van der Waals surface area (Å²) >= 11 is 0. The van der Waals surface area contributed by atoms with E-state index in [1.807, 2.05) is 0 Å². The first kappa shape index (κ1) is 13.5. The third kappa shape index (κ3) is 5.90. The fourth-order valence-electron chi connectivity index (χ4n) is 1.48. The molecule has 0 atom stereocenters. The van der Waals surface area contributed by atoms with Gasteiger partial charge in [-0.1, -0.05) is 20.8 Å². The molecule has 3 N–H and O–H groups in total. The Labute approximate surface area is 103 Å². The quantitative estimate of drug-likeness (QED) is 0.843. The van der Waals surface area contributed by atoms with E-state index in [0.717, 1.165) is 12.8 Å². The average molecular weight is 235 g/mol. The van der Waals surface area contributed by atoms with E-state index in [2.05, 4.69) is 31.1 Å². The molecule has 0 saturated carbocycles. The Balaban J connectivity index is 2.32. The second kappa shape index (κ2) is 5.66. The SMILES string of the molecule is CC(C)(C)CCCC(=O)Nc1ccc(N)nc1. The molecule has 0 spiro atoms. The van der Waals surface area contributed by atoms with Crippen LogP contribution in [-0.4, -0.2) is 10.9 Å². The summed E-state index contributed by atoms with van der Waals surface area (Å²) in [7, 11) is 0. The second-order valence-corrected chi connectivity index (χ2v) is 5.43. The van der Waals surface area contributed by atoms with Gasteiger partial charge < -0.3 is 11.1 Å². The Kier molecular flexibility index (Phi) is 4.49. The van der Waals surface area contributed by atoms with Crippen molar-refractivity contribution < 1.29 is 4.79 Å². The van der Waals surface area contributed by atoms with E-state index in [1.165, 1.54) is 0 Å². The maximum absolute atomic E-state index is 11.6. The number of nitrogen functional groups attached to an aromatic ring is 1. The summed E-state index contributed by atoms with van der Waals surface area (Å²) < 4.78 is 0.